The van der Waals surface area contributed by atoms with Gasteiger partial charge in [-0.05, 0) is 37.3 Å². The fraction of sp³-hybridized carbons (Fsp3) is 0.370. The molecule has 0 saturated carbocycles. The lowest BCUT2D eigenvalue weighted by Crippen LogP contribution is -2.27. The Morgan fingerprint density at radius 1 is 1.11 bits per heavy atom. The number of hydrogen-bond donors (Lipinski definition) is 0. The van der Waals surface area contributed by atoms with Gasteiger partial charge in [-0.25, -0.2) is 9.48 Å². The van der Waals surface area contributed by atoms with Crippen molar-refractivity contribution < 1.29 is 14.3 Å². The molecule has 5 heterocycles. The van der Waals surface area contributed by atoms with Crippen molar-refractivity contribution in [2.45, 2.75) is 25.8 Å². The molecule has 1 aliphatic rings. The smallest absolute Gasteiger partial charge is 0.360 e. The summed E-state index contributed by atoms with van der Waals surface area (Å²) in [6.07, 6.45) is 3.66. The molecule has 1 atom stereocenters. The van der Waals surface area contributed by atoms with Gasteiger partial charge in [-0.15, -0.1) is 5.10 Å². The quantitative estimate of drug-likeness (QED) is 0.339. The van der Waals surface area contributed by atoms with Crippen LogP contribution in [0.4, 0.5) is 0 Å². The molecule has 1 aliphatic heterocycles. The third-order valence-corrected chi connectivity index (χ3v) is 7.39. The van der Waals surface area contributed by atoms with Crippen molar-refractivity contribution >= 4 is 28.0 Å². The van der Waals surface area contributed by atoms with Crippen LogP contribution in [0.3, 0.4) is 0 Å². The van der Waals surface area contributed by atoms with Crippen LogP contribution in [0.15, 0.2) is 42.6 Å². The van der Waals surface area contributed by atoms with Crippen LogP contribution in [0.5, 0.6) is 0 Å². The lowest BCUT2D eigenvalue weighted by atomic mass is 9.86. The largest absolute Gasteiger partial charge is 0.464 e. The third-order valence-electron chi connectivity index (χ3n) is 7.39. The standard InChI is InChI=1S/C27H29N7O3/c1-16-23(33(3)31-29-16)19-14-20-21(28-15-19)25-26(22(27(35)36-4)30-32(25)2)34(20)24(17-8-6-5-7-9-17)18-10-12-37-13-11-18/h5-9,14-15,18,24H,10-13H2,1-4H3. The van der Waals surface area contributed by atoms with E-state index in [2.05, 4.69) is 50.3 Å². The molecule has 1 saturated heterocycles. The van der Waals surface area contributed by atoms with E-state index in [4.69, 9.17) is 14.5 Å². The van der Waals surface area contributed by atoms with Crippen LogP contribution in [0.25, 0.3) is 33.3 Å². The molecule has 0 radical (unpaired) electrons. The Kier molecular flexibility index (Phi) is 5.75. The summed E-state index contributed by atoms with van der Waals surface area (Å²) in [5, 5.41) is 13.0. The minimum Gasteiger partial charge on any atom is -0.464 e. The summed E-state index contributed by atoms with van der Waals surface area (Å²) in [4.78, 5) is 17.9. The van der Waals surface area contributed by atoms with Gasteiger partial charge in [0.25, 0.3) is 0 Å². The van der Waals surface area contributed by atoms with Crippen molar-refractivity contribution in [1.82, 2.24) is 34.3 Å². The van der Waals surface area contributed by atoms with E-state index >= 15 is 0 Å². The molecule has 4 aromatic heterocycles. The number of carbonyl (C=O) groups excluding carboxylic acids is 1. The van der Waals surface area contributed by atoms with Gasteiger partial charge in [-0.3, -0.25) is 9.67 Å². The zero-order valence-electron chi connectivity index (χ0n) is 21.4. The molecule has 0 aliphatic carbocycles. The van der Waals surface area contributed by atoms with E-state index < -0.39 is 5.97 Å². The fourth-order valence-corrected chi connectivity index (χ4v) is 5.77. The number of methoxy groups -OCH3 is 1. The molecule has 0 bridgehead atoms. The number of fused-ring (bicyclic) bond motifs is 3. The Morgan fingerprint density at radius 2 is 1.86 bits per heavy atom. The number of aryl methyl sites for hydroxylation is 3. The van der Waals surface area contributed by atoms with E-state index in [0.29, 0.717) is 19.1 Å². The first-order valence-electron chi connectivity index (χ1n) is 12.4. The Balaban J connectivity index is 1.72. The molecule has 0 N–H and O–H groups in total. The minimum absolute atomic E-state index is 0.0551. The number of ether oxygens (including phenoxy) is 2. The average molecular weight is 500 g/mol. The monoisotopic (exact) mass is 499 g/mol. The number of rotatable bonds is 5. The number of benzene rings is 1. The molecule has 10 nitrogen and oxygen atoms in total. The maximum absolute atomic E-state index is 13.0. The van der Waals surface area contributed by atoms with Gasteiger partial charge >= 0.3 is 5.97 Å². The zero-order chi connectivity index (χ0) is 25.7. The average Bonchev–Trinajstić information content (AvgIpc) is 3.56. The number of carbonyl (C=O) groups is 1. The van der Waals surface area contributed by atoms with Gasteiger partial charge in [0, 0.05) is 39.1 Å². The Labute approximate surface area is 213 Å². The first kappa shape index (κ1) is 23.4. The molecule has 0 amide bonds. The number of aromatic nitrogens is 7. The van der Waals surface area contributed by atoms with Gasteiger partial charge < -0.3 is 14.0 Å². The van der Waals surface area contributed by atoms with Gasteiger partial charge in [0.05, 0.1) is 30.1 Å². The van der Waals surface area contributed by atoms with E-state index in [-0.39, 0.29) is 11.7 Å². The summed E-state index contributed by atoms with van der Waals surface area (Å²) >= 11 is 0. The highest BCUT2D eigenvalue weighted by Gasteiger charge is 2.34. The molecule has 1 fully saturated rings. The van der Waals surface area contributed by atoms with E-state index in [0.717, 1.165) is 57.4 Å². The van der Waals surface area contributed by atoms with Crippen LogP contribution >= 0.6 is 0 Å². The second-order valence-corrected chi connectivity index (χ2v) is 9.58. The third kappa shape index (κ3) is 3.71. The maximum Gasteiger partial charge on any atom is 0.360 e. The maximum atomic E-state index is 13.0. The molecular weight excluding hydrogens is 470 g/mol. The first-order valence-corrected chi connectivity index (χ1v) is 12.4. The van der Waals surface area contributed by atoms with E-state index in [9.17, 15) is 4.79 Å². The molecule has 37 heavy (non-hydrogen) atoms. The van der Waals surface area contributed by atoms with E-state index in [1.165, 1.54) is 7.11 Å². The summed E-state index contributed by atoms with van der Waals surface area (Å²) in [5.41, 5.74) is 7.32. The molecule has 10 heteroatoms. The zero-order valence-corrected chi connectivity index (χ0v) is 21.4. The topological polar surface area (TPSA) is 102 Å². The molecule has 190 valence electrons. The SMILES string of the molecule is COC(=O)c1nn(C)c2c3ncc(-c4c(C)nnn4C)cc3n(C(c3ccccc3)C3CCOCC3)c12. The van der Waals surface area contributed by atoms with Gasteiger partial charge in [-0.2, -0.15) is 5.10 Å². The molecule has 6 rings (SSSR count). The van der Waals surface area contributed by atoms with Crippen LogP contribution in [0, 0.1) is 12.8 Å². The first-order chi connectivity index (χ1) is 18.0. The van der Waals surface area contributed by atoms with Gasteiger partial charge in [0.1, 0.15) is 16.6 Å². The second kappa shape index (κ2) is 9.11. The van der Waals surface area contributed by atoms with Crippen molar-refractivity contribution in [3.05, 3.63) is 59.5 Å². The van der Waals surface area contributed by atoms with Gasteiger partial charge in [0.15, 0.2) is 5.69 Å². The second-order valence-electron chi connectivity index (χ2n) is 9.58. The summed E-state index contributed by atoms with van der Waals surface area (Å²) in [6, 6.07) is 12.5. The van der Waals surface area contributed by atoms with Crippen LogP contribution in [0.1, 0.15) is 40.6 Å². The summed E-state index contributed by atoms with van der Waals surface area (Å²) in [6.45, 7) is 3.35. The predicted molar refractivity (Wildman–Crippen MR) is 138 cm³/mol. The van der Waals surface area contributed by atoms with E-state index in [1.807, 2.05) is 33.3 Å². The highest BCUT2D eigenvalue weighted by molar-refractivity contribution is 6.11. The Hall–Kier alpha value is -4.05. The summed E-state index contributed by atoms with van der Waals surface area (Å²) < 4.78 is 16.6. The Morgan fingerprint density at radius 3 is 2.54 bits per heavy atom. The number of nitrogens with zero attached hydrogens (tertiary/aromatic N) is 7. The predicted octanol–water partition coefficient (Wildman–Crippen LogP) is 3.83. The molecule has 1 unspecified atom stereocenters. The molecule has 0 spiro atoms. The Bertz CT molecular complexity index is 1590. The highest BCUT2D eigenvalue weighted by Crippen LogP contribution is 2.42. The minimum atomic E-state index is -0.472. The van der Waals surface area contributed by atoms with Crippen LogP contribution in [-0.4, -0.2) is 60.6 Å². The van der Waals surface area contributed by atoms with Gasteiger partial charge in [0.2, 0.25) is 0 Å². The van der Waals surface area contributed by atoms with Crippen molar-refractivity contribution in [3.8, 4) is 11.3 Å². The lowest BCUT2D eigenvalue weighted by molar-refractivity contribution is 0.0548. The van der Waals surface area contributed by atoms with Gasteiger partial charge in [-0.1, -0.05) is 35.5 Å². The number of esters is 1. The molecule has 1 aromatic carbocycles. The van der Waals surface area contributed by atoms with Crippen molar-refractivity contribution in [2.75, 3.05) is 20.3 Å². The van der Waals surface area contributed by atoms with E-state index in [1.54, 1.807) is 9.36 Å². The van der Waals surface area contributed by atoms with Crippen molar-refractivity contribution in [2.24, 2.45) is 20.0 Å². The number of hydrogen-bond acceptors (Lipinski definition) is 7. The summed E-state index contributed by atoms with van der Waals surface area (Å²) in [7, 11) is 5.11. The molecular formula is C27H29N7O3. The van der Waals surface area contributed by atoms with Crippen LogP contribution < -0.4 is 0 Å². The fourth-order valence-electron chi connectivity index (χ4n) is 5.77. The highest BCUT2D eigenvalue weighted by atomic mass is 16.5. The van der Waals surface area contributed by atoms with Crippen molar-refractivity contribution in [3.63, 3.8) is 0 Å². The lowest BCUT2D eigenvalue weighted by Gasteiger charge is -2.33. The van der Waals surface area contributed by atoms with Crippen LogP contribution in [0.2, 0.25) is 0 Å². The molecule has 5 aromatic rings. The summed E-state index contributed by atoms with van der Waals surface area (Å²) in [5.74, 6) is -0.176. The number of pyridine rings is 1. The van der Waals surface area contributed by atoms with Crippen LogP contribution in [-0.2, 0) is 23.6 Å². The normalized spacial score (nSPS) is 15.5. The van der Waals surface area contributed by atoms with Crippen molar-refractivity contribution in [1.29, 1.82) is 0 Å².